The summed E-state index contributed by atoms with van der Waals surface area (Å²) < 4.78 is 8.14. The summed E-state index contributed by atoms with van der Waals surface area (Å²) in [4.78, 5) is 32.1. The summed E-state index contributed by atoms with van der Waals surface area (Å²) >= 11 is 1.46. The van der Waals surface area contributed by atoms with Crippen LogP contribution in [-0.2, 0) is 4.79 Å². The average molecular weight is 451 g/mol. The summed E-state index contributed by atoms with van der Waals surface area (Å²) in [7, 11) is 0. The van der Waals surface area contributed by atoms with Crippen molar-refractivity contribution in [2.75, 3.05) is 29.9 Å². The van der Waals surface area contributed by atoms with Crippen molar-refractivity contribution in [2.45, 2.75) is 19.8 Å². The van der Waals surface area contributed by atoms with E-state index in [2.05, 4.69) is 35.3 Å². The van der Waals surface area contributed by atoms with Crippen LogP contribution in [-0.4, -0.2) is 55.3 Å². The molecule has 5 rings (SSSR count). The Kier molecular flexibility index (Phi) is 5.63. The number of nitrogens with one attached hydrogen (secondary N) is 1. The number of aromatic nitrogens is 6. The Morgan fingerprint density at radius 2 is 2.03 bits per heavy atom. The predicted molar refractivity (Wildman–Crippen MR) is 121 cm³/mol. The summed E-state index contributed by atoms with van der Waals surface area (Å²) in [5, 5.41) is 7.73. The average Bonchev–Trinajstić information content (AvgIpc) is 3.49. The van der Waals surface area contributed by atoms with Crippen LogP contribution in [0, 0.1) is 5.92 Å². The van der Waals surface area contributed by atoms with Crippen LogP contribution < -0.4 is 15.0 Å². The number of anilines is 2. The number of nitrogens with zero attached hydrogens (tertiary/aromatic N) is 7. The van der Waals surface area contributed by atoms with Crippen LogP contribution in [0.4, 0.5) is 10.9 Å². The molecule has 0 radical (unpaired) electrons. The molecule has 164 valence electrons. The van der Waals surface area contributed by atoms with Crippen molar-refractivity contribution in [3.63, 3.8) is 0 Å². The van der Waals surface area contributed by atoms with Gasteiger partial charge >= 0.3 is 0 Å². The molecule has 0 atom stereocenters. The van der Waals surface area contributed by atoms with E-state index in [-0.39, 0.29) is 11.8 Å². The molecule has 10 nitrogen and oxygen atoms in total. The van der Waals surface area contributed by atoms with Gasteiger partial charge in [0.15, 0.2) is 10.9 Å². The Balaban J connectivity index is 1.20. The van der Waals surface area contributed by atoms with E-state index in [1.165, 1.54) is 24.0 Å². The quantitative estimate of drug-likeness (QED) is 0.477. The highest BCUT2D eigenvalue weighted by molar-refractivity contribution is 7.22. The van der Waals surface area contributed by atoms with Gasteiger partial charge in [0.25, 0.3) is 0 Å². The summed E-state index contributed by atoms with van der Waals surface area (Å²) in [6, 6.07) is 7.65. The van der Waals surface area contributed by atoms with E-state index in [1.807, 2.05) is 31.2 Å². The molecule has 0 aliphatic carbocycles. The number of thiazole rings is 1. The fraction of sp³-hybridized carbons (Fsp3) is 0.333. The lowest BCUT2D eigenvalue weighted by atomic mass is 9.96. The van der Waals surface area contributed by atoms with Crippen molar-refractivity contribution < 1.29 is 9.53 Å². The second-order valence-electron chi connectivity index (χ2n) is 7.41. The number of hydrogen-bond acceptors (Lipinski definition) is 9. The minimum absolute atomic E-state index is 0.0136. The molecule has 1 saturated heterocycles. The highest BCUT2D eigenvalue weighted by Gasteiger charge is 2.26. The van der Waals surface area contributed by atoms with Crippen LogP contribution in [0.15, 0.2) is 43.2 Å². The largest absolute Gasteiger partial charge is 0.494 e. The Labute approximate surface area is 188 Å². The van der Waals surface area contributed by atoms with Gasteiger partial charge in [-0.3, -0.25) is 4.79 Å². The number of rotatable bonds is 6. The van der Waals surface area contributed by atoms with E-state index < -0.39 is 0 Å². The van der Waals surface area contributed by atoms with Gasteiger partial charge in [0.05, 0.1) is 16.8 Å². The minimum atomic E-state index is -0.0612. The smallest absolute Gasteiger partial charge is 0.229 e. The number of benzene rings is 1. The molecular formula is C21H22N8O2S. The van der Waals surface area contributed by atoms with Gasteiger partial charge in [-0.1, -0.05) is 11.3 Å². The lowest BCUT2D eigenvalue weighted by Gasteiger charge is -2.32. The molecule has 4 aromatic rings. The standard InChI is InChI=1S/C21H22N8O2S/c1-2-31-15-3-4-16-17(9-15)32-21(26-16)27-20(30)14-5-7-28(8-6-14)18-10-19(24-12-23-18)29-13-22-11-25-29/h3-4,9-14H,2,5-8H2,1H3,(H,26,27,30). The van der Waals surface area contributed by atoms with E-state index in [9.17, 15) is 4.79 Å². The molecule has 0 saturated carbocycles. The summed E-state index contributed by atoms with van der Waals surface area (Å²) in [6.45, 7) is 4.05. The van der Waals surface area contributed by atoms with Crippen molar-refractivity contribution >= 4 is 38.4 Å². The number of piperidine rings is 1. The molecule has 1 N–H and O–H groups in total. The highest BCUT2D eigenvalue weighted by Crippen LogP contribution is 2.30. The Hall–Kier alpha value is -3.60. The first-order valence-corrected chi connectivity index (χ1v) is 11.3. The molecule has 3 aromatic heterocycles. The van der Waals surface area contributed by atoms with E-state index in [1.54, 1.807) is 11.0 Å². The lowest BCUT2D eigenvalue weighted by Crippen LogP contribution is -2.38. The molecular weight excluding hydrogens is 428 g/mol. The molecule has 0 bridgehead atoms. The van der Waals surface area contributed by atoms with Crippen LogP contribution in [0.2, 0.25) is 0 Å². The normalized spacial score (nSPS) is 14.6. The maximum absolute atomic E-state index is 12.8. The fourth-order valence-electron chi connectivity index (χ4n) is 3.76. The van der Waals surface area contributed by atoms with E-state index >= 15 is 0 Å². The number of fused-ring (bicyclic) bond motifs is 1. The van der Waals surface area contributed by atoms with E-state index in [4.69, 9.17) is 4.74 Å². The van der Waals surface area contributed by atoms with Gasteiger partial charge in [0.2, 0.25) is 5.91 Å². The zero-order valence-corrected chi connectivity index (χ0v) is 18.3. The maximum atomic E-state index is 12.8. The summed E-state index contributed by atoms with van der Waals surface area (Å²) in [5.74, 6) is 2.25. The molecule has 0 unspecified atom stereocenters. The van der Waals surface area contributed by atoms with Gasteiger partial charge in [0.1, 0.15) is 30.5 Å². The van der Waals surface area contributed by atoms with Gasteiger partial charge < -0.3 is 15.0 Å². The minimum Gasteiger partial charge on any atom is -0.494 e. The molecule has 1 fully saturated rings. The molecule has 0 spiro atoms. The molecule has 1 aliphatic rings. The maximum Gasteiger partial charge on any atom is 0.229 e. The number of carbonyl (C=O) groups is 1. The molecule has 4 heterocycles. The van der Waals surface area contributed by atoms with Crippen molar-refractivity contribution in [2.24, 2.45) is 5.92 Å². The topological polar surface area (TPSA) is 111 Å². The Morgan fingerprint density at radius 1 is 1.19 bits per heavy atom. The fourth-order valence-corrected chi connectivity index (χ4v) is 4.65. The predicted octanol–water partition coefficient (Wildman–Crippen LogP) is 2.92. The highest BCUT2D eigenvalue weighted by atomic mass is 32.1. The van der Waals surface area contributed by atoms with Crippen LogP contribution in [0.5, 0.6) is 5.75 Å². The molecule has 11 heteroatoms. The van der Waals surface area contributed by atoms with Gasteiger partial charge in [0, 0.05) is 25.1 Å². The Morgan fingerprint density at radius 3 is 2.81 bits per heavy atom. The van der Waals surface area contributed by atoms with Crippen molar-refractivity contribution in [3.8, 4) is 11.6 Å². The van der Waals surface area contributed by atoms with Crippen LogP contribution in [0.3, 0.4) is 0 Å². The second kappa shape index (κ2) is 8.87. The number of amides is 1. The van der Waals surface area contributed by atoms with Gasteiger partial charge in [-0.2, -0.15) is 5.10 Å². The van der Waals surface area contributed by atoms with Crippen molar-refractivity contribution in [1.29, 1.82) is 0 Å². The summed E-state index contributed by atoms with van der Waals surface area (Å²) in [5.41, 5.74) is 0.857. The van der Waals surface area contributed by atoms with Gasteiger partial charge in [-0.15, -0.1) is 0 Å². The van der Waals surface area contributed by atoms with Gasteiger partial charge in [-0.25, -0.2) is 24.6 Å². The van der Waals surface area contributed by atoms with Crippen LogP contribution >= 0.6 is 11.3 Å². The molecule has 1 aromatic carbocycles. The monoisotopic (exact) mass is 450 g/mol. The first-order valence-electron chi connectivity index (χ1n) is 10.5. The lowest BCUT2D eigenvalue weighted by molar-refractivity contribution is -0.120. The zero-order chi connectivity index (χ0) is 21.9. The van der Waals surface area contributed by atoms with Gasteiger partial charge in [-0.05, 0) is 38.0 Å². The molecule has 1 amide bonds. The third-order valence-corrected chi connectivity index (χ3v) is 6.32. The van der Waals surface area contributed by atoms with E-state index in [0.29, 0.717) is 17.6 Å². The summed E-state index contributed by atoms with van der Waals surface area (Å²) in [6.07, 6.45) is 6.08. The van der Waals surface area contributed by atoms with E-state index in [0.717, 1.165) is 47.7 Å². The van der Waals surface area contributed by atoms with Crippen LogP contribution in [0.1, 0.15) is 19.8 Å². The first kappa shape index (κ1) is 20.3. The number of ether oxygens (including phenoxy) is 1. The number of carbonyl (C=O) groups excluding carboxylic acids is 1. The molecule has 32 heavy (non-hydrogen) atoms. The third kappa shape index (κ3) is 4.24. The second-order valence-corrected chi connectivity index (χ2v) is 8.44. The first-order chi connectivity index (χ1) is 15.7. The number of hydrogen-bond donors (Lipinski definition) is 1. The third-order valence-electron chi connectivity index (χ3n) is 5.38. The van der Waals surface area contributed by atoms with Crippen molar-refractivity contribution in [1.82, 2.24) is 29.7 Å². The Bertz CT molecular complexity index is 1220. The van der Waals surface area contributed by atoms with Crippen LogP contribution in [0.25, 0.3) is 16.0 Å². The molecule has 1 aliphatic heterocycles. The van der Waals surface area contributed by atoms with Crippen molar-refractivity contribution in [3.05, 3.63) is 43.2 Å². The SMILES string of the molecule is CCOc1ccc2nc(NC(=O)C3CCN(c4cc(-n5cncn5)ncn4)CC3)sc2c1. The zero-order valence-electron chi connectivity index (χ0n) is 17.5.